The Morgan fingerprint density at radius 3 is 2.39 bits per heavy atom. The Hall–Kier alpha value is -1.84. The lowest BCUT2D eigenvalue weighted by Gasteiger charge is -2.23. The molecule has 0 spiro atoms. The highest BCUT2D eigenvalue weighted by Gasteiger charge is 2.15. The normalized spacial score (nSPS) is 10.8. The molecule has 1 aromatic rings. The highest BCUT2D eigenvalue weighted by Crippen LogP contribution is 2.15. The molecule has 0 saturated heterocycles. The maximum Gasteiger partial charge on any atom is 0.221 e. The number of carbonyl (C=O) groups is 2. The molecular formula is C14H20N2O2. The van der Waals surface area contributed by atoms with E-state index in [9.17, 15) is 9.59 Å². The number of benzene rings is 1. The first-order valence-electron chi connectivity index (χ1n) is 6.01. The van der Waals surface area contributed by atoms with E-state index in [2.05, 4.69) is 10.6 Å². The summed E-state index contributed by atoms with van der Waals surface area (Å²) in [6, 6.07) is 7.75. The van der Waals surface area contributed by atoms with Crippen molar-refractivity contribution in [1.29, 1.82) is 0 Å². The van der Waals surface area contributed by atoms with Crippen LogP contribution in [0, 0.1) is 0 Å². The second-order valence-corrected chi connectivity index (χ2v) is 5.02. The largest absolute Gasteiger partial charge is 0.354 e. The van der Waals surface area contributed by atoms with Gasteiger partial charge < -0.3 is 10.6 Å². The molecule has 0 aromatic heterocycles. The van der Waals surface area contributed by atoms with Gasteiger partial charge in [0.2, 0.25) is 12.3 Å². The van der Waals surface area contributed by atoms with Crippen LogP contribution in [0.2, 0.25) is 0 Å². The van der Waals surface area contributed by atoms with Crippen LogP contribution in [0.15, 0.2) is 24.3 Å². The van der Waals surface area contributed by atoms with E-state index >= 15 is 0 Å². The van der Waals surface area contributed by atoms with Crippen molar-refractivity contribution >= 4 is 18.0 Å². The Labute approximate surface area is 108 Å². The Balaban J connectivity index is 2.53. The number of rotatable bonds is 6. The van der Waals surface area contributed by atoms with E-state index in [1.54, 1.807) is 0 Å². The number of carbonyl (C=O) groups excluding carboxylic acids is 2. The quantitative estimate of drug-likeness (QED) is 0.757. The molecule has 0 unspecified atom stereocenters. The van der Waals surface area contributed by atoms with E-state index in [1.165, 1.54) is 12.5 Å². The first kappa shape index (κ1) is 14.2. The van der Waals surface area contributed by atoms with Crippen LogP contribution in [0.4, 0.5) is 5.69 Å². The third-order valence-electron chi connectivity index (χ3n) is 2.76. The van der Waals surface area contributed by atoms with Crippen LogP contribution in [-0.4, -0.2) is 17.9 Å². The van der Waals surface area contributed by atoms with Crippen LogP contribution in [0.3, 0.4) is 0 Å². The molecule has 0 aliphatic carbocycles. The van der Waals surface area contributed by atoms with Gasteiger partial charge in [0.05, 0.1) is 0 Å². The molecule has 2 amide bonds. The van der Waals surface area contributed by atoms with Crippen LogP contribution in [0.5, 0.6) is 0 Å². The number of anilines is 1. The van der Waals surface area contributed by atoms with Crippen LogP contribution < -0.4 is 10.6 Å². The predicted molar refractivity (Wildman–Crippen MR) is 72.3 cm³/mol. The molecule has 4 nitrogen and oxygen atoms in total. The van der Waals surface area contributed by atoms with Crippen LogP contribution in [0.1, 0.15) is 32.8 Å². The summed E-state index contributed by atoms with van der Waals surface area (Å²) in [7, 11) is 0. The monoisotopic (exact) mass is 248 g/mol. The molecule has 2 N–H and O–H groups in total. The Morgan fingerprint density at radius 1 is 1.28 bits per heavy atom. The van der Waals surface area contributed by atoms with E-state index in [1.807, 2.05) is 38.1 Å². The number of hydrogen-bond donors (Lipinski definition) is 2. The molecule has 18 heavy (non-hydrogen) atoms. The maximum absolute atomic E-state index is 10.9. The third kappa shape index (κ3) is 4.99. The Morgan fingerprint density at radius 2 is 1.89 bits per heavy atom. The minimum Gasteiger partial charge on any atom is -0.354 e. The standard InChI is InChI=1S/C14H20N2O2/c1-11(18)16-13-6-4-12(5-7-13)8-9-14(2,3)15-10-17/h4-7,10H,8-9H2,1-3H3,(H,15,17)(H,16,18). The molecule has 0 saturated carbocycles. The lowest BCUT2D eigenvalue weighted by atomic mass is 9.95. The van der Waals surface area contributed by atoms with Gasteiger partial charge in [0.25, 0.3) is 0 Å². The van der Waals surface area contributed by atoms with Crippen LogP contribution >= 0.6 is 0 Å². The molecule has 0 aliphatic rings. The molecule has 0 fully saturated rings. The number of hydrogen-bond acceptors (Lipinski definition) is 2. The molecule has 0 radical (unpaired) electrons. The van der Waals surface area contributed by atoms with E-state index < -0.39 is 0 Å². The molecule has 1 aromatic carbocycles. The van der Waals surface area contributed by atoms with Gasteiger partial charge in [0.1, 0.15) is 0 Å². The predicted octanol–water partition coefficient (Wildman–Crippen LogP) is 2.10. The lowest BCUT2D eigenvalue weighted by molar-refractivity contribution is -0.114. The summed E-state index contributed by atoms with van der Waals surface area (Å²) >= 11 is 0. The fraction of sp³-hybridized carbons (Fsp3) is 0.429. The van der Waals surface area contributed by atoms with Gasteiger partial charge in [0, 0.05) is 18.2 Å². The molecule has 0 bridgehead atoms. The van der Waals surface area contributed by atoms with Gasteiger partial charge in [-0.1, -0.05) is 12.1 Å². The summed E-state index contributed by atoms with van der Waals surface area (Å²) in [5, 5.41) is 5.52. The molecule has 1 rings (SSSR count). The van der Waals surface area contributed by atoms with Crippen molar-refractivity contribution in [3.8, 4) is 0 Å². The van der Waals surface area contributed by atoms with E-state index in [4.69, 9.17) is 0 Å². The van der Waals surface area contributed by atoms with Crippen LogP contribution in [0.25, 0.3) is 0 Å². The Bertz CT molecular complexity index is 410. The first-order chi connectivity index (χ1) is 8.43. The average molecular weight is 248 g/mol. The van der Waals surface area contributed by atoms with Gasteiger partial charge >= 0.3 is 0 Å². The fourth-order valence-corrected chi connectivity index (χ4v) is 1.65. The third-order valence-corrected chi connectivity index (χ3v) is 2.76. The van der Waals surface area contributed by atoms with Gasteiger partial charge in [-0.05, 0) is 44.4 Å². The van der Waals surface area contributed by atoms with Gasteiger partial charge in [-0.3, -0.25) is 9.59 Å². The van der Waals surface area contributed by atoms with E-state index in [0.717, 1.165) is 24.9 Å². The van der Waals surface area contributed by atoms with Crippen molar-refractivity contribution in [2.45, 2.75) is 39.2 Å². The second kappa shape index (κ2) is 6.19. The number of amides is 2. The zero-order valence-electron chi connectivity index (χ0n) is 11.1. The summed E-state index contributed by atoms with van der Waals surface area (Å²) in [5.41, 5.74) is 1.79. The maximum atomic E-state index is 10.9. The first-order valence-corrected chi connectivity index (χ1v) is 6.01. The molecule has 0 heterocycles. The summed E-state index contributed by atoms with van der Waals surface area (Å²) < 4.78 is 0. The highest BCUT2D eigenvalue weighted by atomic mass is 16.1. The van der Waals surface area contributed by atoms with Crippen molar-refractivity contribution in [3.63, 3.8) is 0 Å². The summed E-state index contributed by atoms with van der Waals surface area (Å²) in [6.07, 6.45) is 2.49. The van der Waals surface area contributed by atoms with E-state index in [0.29, 0.717) is 0 Å². The molecule has 4 heteroatoms. The van der Waals surface area contributed by atoms with Gasteiger partial charge in [-0.15, -0.1) is 0 Å². The topological polar surface area (TPSA) is 58.2 Å². The van der Waals surface area contributed by atoms with Crippen molar-refractivity contribution < 1.29 is 9.59 Å². The summed E-state index contributed by atoms with van der Waals surface area (Å²) in [5.74, 6) is -0.0703. The smallest absolute Gasteiger partial charge is 0.221 e. The zero-order chi connectivity index (χ0) is 13.6. The minimum absolute atomic E-state index is 0.0703. The van der Waals surface area contributed by atoms with Crippen molar-refractivity contribution in [3.05, 3.63) is 29.8 Å². The second-order valence-electron chi connectivity index (χ2n) is 5.02. The van der Waals surface area contributed by atoms with Gasteiger partial charge in [0.15, 0.2) is 0 Å². The minimum atomic E-state index is -0.196. The van der Waals surface area contributed by atoms with Gasteiger partial charge in [-0.25, -0.2) is 0 Å². The fourth-order valence-electron chi connectivity index (χ4n) is 1.65. The van der Waals surface area contributed by atoms with Crippen molar-refractivity contribution in [2.24, 2.45) is 0 Å². The number of aryl methyl sites for hydroxylation is 1. The molecule has 0 aliphatic heterocycles. The van der Waals surface area contributed by atoms with Crippen LogP contribution in [-0.2, 0) is 16.0 Å². The molecule has 0 atom stereocenters. The van der Waals surface area contributed by atoms with Gasteiger partial charge in [-0.2, -0.15) is 0 Å². The molecular weight excluding hydrogens is 228 g/mol. The molecule has 98 valence electrons. The highest BCUT2D eigenvalue weighted by molar-refractivity contribution is 5.88. The van der Waals surface area contributed by atoms with E-state index in [-0.39, 0.29) is 11.4 Å². The van der Waals surface area contributed by atoms with Crippen molar-refractivity contribution in [2.75, 3.05) is 5.32 Å². The Kier molecular flexibility index (Phi) is 4.89. The summed E-state index contributed by atoms with van der Waals surface area (Å²) in [4.78, 5) is 21.3. The average Bonchev–Trinajstić information content (AvgIpc) is 2.27. The number of nitrogens with one attached hydrogen (secondary N) is 2. The van der Waals surface area contributed by atoms with Crippen molar-refractivity contribution in [1.82, 2.24) is 5.32 Å². The zero-order valence-corrected chi connectivity index (χ0v) is 11.1. The SMILES string of the molecule is CC(=O)Nc1ccc(CCC(C)(C)NC=O)cc1. The lowest BCUT2D eigenvalue weighted by Crippen LogP contribution is -2.38. The summed E-state index contributed by atoms with van der Waals surface area (Å²) in [6.45, 7) is 5.47.